The van der Waals surface area contributed by atoms with Gasteiger partial charge in [0, 0.05) is 12.7 Å². The first-order valence-electron chi connectivity index (χ1n) is 5.66. The van der Waals surface area contributed by atoms with Crippen LogP contribution in [0.25, 0.3) is 0 Å². The highest BCUT2D eigenvalue weighted by molar-refractivity contribution is 5.93. The summed E-state index contributed by atoms with van der Waals surface area (Å²) in [6.45, 7) is 0.0605. The van der Waals surface area contributed by atoms with Crippen LogP contribution in [0.4, 0.5) is 15.8 Å². The standard InChI is InChI=1S/C12H17FN4O2/c1-15-11(18)6-17(2)7-12(19)16-10-5-8(14)3-4-9(10)13/h3-5H,6-7,14H2,1-2H3,(H,15,18)(H,16,19). The van der Waals surface area contributed by atoms with Gasteiger partial charge >= 0.3 is 0 Å². The molecule has 0 saturated heterocycles. The molecule has 104 valence electrons. The first-order chi connectivity index (χ1) is 8.92. The van der Waals surface area contributed by atoms with Gasteiger partial charge in [0.05, 0.1) is 18.8 Å². The Labute approximate surface area is 110 Å². The summed E-state index contributed by atoms with van der Waals surface area (Å²) in [7, 11) is 3.13. The molecule has 0 bridgehead atoms. The Hall–Kier alpha value is -2.15. The van der Waals surface area contributed by atoms with Gasteiger partial charge in [0.1, 0.15) is 5.82 Å². The number of nitrogens with zero attached hydrogens (tertiary/aromatic N) is 1. The quantitative estimate of drug-likeness (QED) is 0.657. The summed E-state index contributed by atoms with van der Waals surface area (Å²) in [5.74, 6) is -1.18. The Morgan fingerprint density at radius 1 is 1.32 bits per heavy atom. The van der Waals surface area contributed by atoms with Crippen molar-refractivity contribution in [1.82, 2.24) is 10.2 Å². The molecule has 0 aliphatic rings. The minimum atomic E-state index is -0.559. The molecule has 0 heterocycles. The molecule has 0 radical (unpaired) electrons. The lowest BCUT2D eigenvalue weighted by molar-refractivity contribution is -0.122. The molecular formula is C12H17FN4O2. The Kier molecular flexibility index (Phi) is 5.25. The first-order valence-corrected chi connectivity index (χ1v) is 5.66. The number of benzene rings is 1. The summed E-state index contributed by atoms with van der Waals surface area (Å²) in [6.07, 6.45) is 0. The van der Waals surface area contributed by atoms with Crippen molar-refractivity contribution in [2.24, 2.45) is 0 Å². The molecule has 6 nitrogen and oxygen atoms in total. The van der Waals surface area contributed by atoms with Crippen LogP contribution in [-0.4, -0.2) is 43.9 Å². The van der Waals surface area contributed by atoms with Gasteiger partial charge in [0.15, 0.2) is 0 Å². The van der Waals surface area contributed by atoms with Gasteiger partial charge < -0.3 is 16.4 Å². The maximum Gasteiger partial charge on any atom is 0.238 e. The van der Waals surface area contributed by atoms with Crippen LogP contribution in [0, 0.1) is 5.82 Å². The predicted molar refractivity (Wildman–Crippen MR) is 71.0 cm³/mol. The number of halogens is 1. The van der Waals surface area contributed by atoms with E-state index in [2.05, 4.69) is 10.6 Å². The lowest BCUT2D eigenvalue weighted by Gasteiger charge is -2.15. The number of nitrogens with two attached hydrogens (primary N) is 1. The van der Waals surface area contributed by atoms with Crippen LogP contribution in [0.1, 0.15) is 0 Å². The molecular weight excluding hydrogens is 251 g/mol. The van der Waals surface area contributed by atoms with Crippen molar-refractivity contribution in [2.75, 3.05) is 38.2 Å². The van der Waals surface area contributed by atoms with E-state index >= 15 is 0 Å². The van der Waals surface area contributed by atoms with Crippen LogP contribution >= 0.6 is 0 Å². The lowest BCUT2D eigenvalue weighted by Crippen LogP contribution is -2.37. The highest BCUT2D eigenvalue weighted by atomic mass is 19.1. The monoisotopic (exact) mass is 268 g/mol. The van der Waals surface area contributed by atoms with Gasteiger partial charge in [-0.1, -0.05) is 0 Å². The molecule has 7 heteroatoms. The van der Waals surface area contributed by atoms with E-state index in [-0.39, 0.29) is 24.7 Å². The van der Waals surface area contributed by atoms with Crippen molar-refractivity contribution in [3.8, 4) is 0 Å². The Bertz CT molecular complexity index is 479. The molecule has 0 aromatic heterocycles. The average Bonchev–Trinajstić information content (AvgIpc) is 2.33. The number of carbonyl (C=O) groups excluding carboxylic acids is 2. The van der Waals surface area contributed by atoms with Crippen molar-refractivity contribution >= 4 is 23.2 Å². The van der Waals surface area contributed by atoms with E-state index in [0.29, 0.717) is 5.69 Å². The fourth-order valence-electron chi connectivity index (χ4n) is 1.45. The number of carbonyl (C=O) groups is 2. The van der Waals surface area contributed by atoms with Gasteiger partial charge in [-0.25, -0.2) is 4.39 Å². The molecule has 0 aliphatic heterocycles. The number of nitrogens with one attached hydrogen (secondary N) is 2. The number of hydrogen-bond acceptors (Lipinski definition) is 4. The third-order valence-corrected chi connectivity index (χ3v) is 2.37. The number of rotatable bonds is 5. The van der Waals surface area contributed by atoms with Crippen LogP contribution < -0.4 is 16.4 Å². The van der Waals surface area contributed by atoms with Gasteiger partial charge in [-0.2, -0.15) is 0 Å². The fraction of sp³-hybridized carbons (Fsp3) is 0.333. The van der Waals surface area contributed by atoms with Crippen molar-refractivity contribution in [2.45, 2.75) is 0 Å². The topological polar surface area (TPSA) is 87.5 Å². The summed E-state index contributed by atoms with van der Waals surface area (Å²) in [5, 5.41) is 4.85. The highest BCUT2D eigenvalue weighted by Gasteiger charge is 2.11. The summed E-state index contributed by atoms with van der Waals surface area (Å²) < 4.78 is 13.4. The molecule has 19 heavy (non-hydrogen) atoms. The van der Waals surface area contributed by atoms with Crippen LogP contribution in [0.2, 0.25) is 0 Å². The van der Waals surface area contributed by atoms with E-state index in [4.69, 9.17) is 5.73 Å². The molecule has 4 N–H and O–H groups in total. The van der Waals surface area contributed by atoms with E-state index in [9.17, 15) is 14.0 Å². The number of nitrogen functional groups attached to an aromatic ring is 1. The second-order valence-electron chi connectivity index (χ2n) is 4.13. The van der Waals surface area contributed by atoms with E-state index in [1.54, 1.807) is 7.05 Å². The first kappa shape index (κ1) is 14.9. The molecule has 0 atom stereocenters. The smallest absolute Gasteiger partial charge is 0.238 e. The van der Waals surface area contributed by atoms with Gasteiger partial charge in [-0.15, -0.1) is 0 Å². The van der Waals surface area contributed by atoms with E-state index in [0.717, 1.165) is 0 Å². The molecule has 0 unspecified atom stereocenters. The second kappa shape index (κ2) is 6.69. The maximum atomic E-state index is 13.4. The molecule has 2 amide bonds. The molecule has 0 saturated carbocycles. The summed E-state index contributed by atoms with van der Waals surface area (Å²) in [4.78, 5) is 24.3. The largest absolute Gasteiger partial charge is 0.399 e. The van der Waals surface area contributed by atoms with Gasteiger partial charge in [0.25, 0.3) is 0 Å². The molecule has 1 rings (SSSR count). The predicted octanol–water partition coefficient (Wildman–Crippen LogP) is 0.0242. The molecule has 1 aromatic carbocycles. The number of amides is 2. The normalized spacial score (nSPS) is 10.3. The molecule has 0 aliphatic carbocycles. The Morgan fingerprint density at radius 3 is 2.58 bits per heavy atom. The zero-order chi connectivity index (χ0) is 14.4. The zero-order valence-corrected chi connectivity index (χ0v) is 10.9. The van der Waals surface area contributed by atoms with E-state index in [1.165, 1.54) is 30.1 Å². The Balaban J connectivity index is 2.55. The van der Waals surface area contributed by atoms with Crippen molar-refractivity contribution in [3.05, 3.63) is 24.0 Å². The maximum absolute atomic E-state index is 13.4. The van der Waals surface area contributed by atoms with Crippen molar-refractivity contribution in [1.29, 1.82) is 0 Å². The Morgan fingerprint density at radius 2 is 1.95 bits per heavy atom. The van der Waals surface area contributed by atoms with Crippen molar-refractivity contribution in [3.63, 3.8) is 0 Å². The van der Waals surface area contributed by atoms with Crippen LogP contribution in [0.15, 0.2) is 18.2 Å². The molecule has 1 aromatic rings. The third-order valence-electron chi connectivity index (χ3n) is 2.37. The number of hydrogen-bond donors (Lipinski definition) is 3. The minimum Gasteiger partial charge on any atom is -0.399 e. The lowest BCUT2D eigenvalue weighted by atomic mass is 10.2. The average molecular weight is 268 g/mol. The fourth-order valence-corrected chi connectivity index (χ4v) is 1.45. The van der Waals surface area contributed by atoms with Gasteiger partial charge in [-0.3, -0.25) is 14.5 Å². The van der Waals surface area contributed by atoms with Gasteiger partial charge in [-0.05, 0) is 25.2 Å². The number of anilines is 2. The highest BCUT2D eigenvalue weighted by Crippen LogP contribution is 2.17. The van der Waals surface area contributed by atoms with Gasteiger partial charge in [0.2, 0.25) is 11.8 Å². The summed E-state index contributed by atoms with van der Waals surface area (Å²) >= 11 is 0. The third kappa shape index (κ3) is 4.92. The minimum absolute atomic E-state index is 0.0261. The summed E-state index contributed by atoms with van der Waals surface area (Å²) in [6, 6.07) is 3.92. The zero-order valence-electron chi connectivity index (χ0n) is 10.9. The van der Waals surface area contributed by atoms with Crippen molar-refractivity contribution < 1.29 is 14.0 Å². The van der Waals surface area contributed by atoms with Crippen LogP contribution in [-0.2, 0) is 9.59 Å². The second-order valence-corrected chi connectivity index (χ2v) is 4.13. The van der Waals surface area contributed by atoms with E-state index < -0.39 is 11.7 Å². The molecule has 0 fully saturated rings. The van der Waals surface area contributed by atoms with Crippen LogP contribution in [0.5, 0.6) is 0 Å². The van der Waals surface area contributed by atoms with E-state index in [1.807, 2.05) is 0 Å². The summed E-state index contributed by atoms with van der Waals surface area (Å²) in [5.41, 5.74) is 5.89. The molecule has 0 spiro atoms. The number of likely N-dealkylation sites (N-methyl/N-ethyl adjacent to an activating group) is 2. The van der Waals surface area contributed by atoms with Crippen LogP contribution in [0.3, 0.4) is 0 Å². The SMILES string of the molecule is CNC(=O)CN(C)CC(=O)Nc1cc(N)ccc1F.